The van der Waals surface area contributed by atoms with Crippen LogP contribution in [0.2, 0.25) is 0 Å². The summed E-state index contributed by atoms with van der Waals surface area (Å²) in [5.41, 5.74) is 7.10. The molecule has 2 aromatic heterocycles. The van der Waals surface area contributed by atoms with Gasteiger partial charge in [-0.05, 0) is 46.2 Å². The summed E-state index contributed by atoms with van der Waals surface area (Å²) in [6.45, 7) is 10.2. The lowest BCUT2D eigenvalue weighted by atomic mass is 10.0. The Balaban J connectivity index is 1.32. The van der Waals surface area contributed by atoms with Crippen molar-refractivity contribution >= 4 is 12.1 Å². The molecule has 1 amide bonds. The standard InChI is InChI=1S/C29H37FN6O7/c1-16(2)39-14-24-34-25(35-43-24)20-7-6-19(22(30)12-20)13-23(31)28(37)42-27-18(5)26(32-15-33-27)41-21-8-10-36(11-9-21)29(38)40-17(3)4/h6-7,12,15-17,21,23H,8-11,13-14,31H2,1-5H3/t23-/m0/s1. The van der Waals surface area contributed by atoms with Gasteiger partial charge in [-0.15, -0.1) is 0 Å². The fourth-order valence-corrected chi connectivity index (χ4v) is 4.24. The number of ether oxygens (including phenoxy) is 4. The van der Waals surface area contributed by atoms with Crippen LogP contribution in [-0.4, -0.2) is 74.5 Å². The molecule has 43 heavy (non-hydrogen) atoms. The summed E-state index contributed by atoms with van der Waals surface area (Å²) >= 11 is 0. The fraction of sp³-hybridized carbons (Fsp3) is 0.517. The van der Waals surface area contributed by atoms with Crippen molar-refractivity contribution in [2.75, 3.05) is 13.1 Å². The normalized spacial score (nSPS) is 14.7. The number of hydrogen-bond donors (Lipinski definition) is 1. The summed E-state index contributed by atoms with van der Waals surface area (Å²) in [7, 11) is 0. The van der Waals surface area contributed by atoms with Gasteiger partial charge in [0, 0.05) is 37.9 Å². The Kier molecular flexibility index (Phi) is 10.6. The van der Waals surface area contributed by atoms with Crippen LogP contribution in [0, 0.1) is 12.7 Å². The minimum absolute atomic E-state index is 0.00504. The first-order valence-electron chi connectivity index (χ1n) is 14.1. The Morgan fingerprint density at radius 2 is 1.84 bits per heavy atom. The third kappa shape index (κ3) is 8.67. The van der Waals surface area contributed by atoms with Crippen molar-refractivity contribution in [2.24, 2.45) is 5.73 Å². The predicted molar refractivity (Wildman–Crippen MR) is 151 cm³/mol. The molecule has 0 radical (unpaired) electrons. The van der Waals surface area contributed by atoms with Crippen LogP contribution in [0.25, 0.3) is 11.4 Å². The molecule has 232 valence electrons. The number of piperidine rings is 1. The number of rotatable bonds is 11. The number of esters is 1. The van der Waals surface area contributed by atoms with Crippen LogP contribution in [0.4, 0.5) is 9.18 Å². The molecule has 4 rings (SSSR count). The van der Waals surface area contributed by atoms with Gasteiger partial charge in [-0.25, -0.2) is 23.9 Å². The molecule has 1 aliphatic heterocycles. The van der Waals surface area contributed by atoms with Crippen LogP contribution < -0.4 is 15.2 Å². The van der Waals surface area contributed by atoms with E-state index in [4.69, 9.17) is 29.2 Å². The van der Waals surface area contributed by atoms with Crippen molar-refractivity contribution in [1.82, 2.24) is 25.0 Å². The average molecular weight is 601 g/mol. The minimum Gasteiger partial charge on any atom is -0.474 e. The van der Waals surface area contributed by atoms with E-state index in [0.29, 0.717) is 37.1 Å². The molecular weight excluding hydrogens is 563 g/mol. The fourth-order valence-electron chi connectivity index (χ4n) is 4.24. The topological polar surface area (TPSA) is 165 Å². The van der Waals surface area contributed by atoms with E-state index in [1.807, 2.05) is 13.8 Å². The Morgan fingerprint density at radius 1 is 1.12 bits per heavy atom. The first-order valence-corrected chi connectivity index (χ1v) is 14.1. The molecule has 1 fully saturated rings. The average Bonchev–Trinajstić information content (AvgIpc) is 3.44. The van der Waals surface area contributed by atoms with E-state index in [0.717, 1.165) is 0 Å². The smallest absolute Gasteiger partial charge is 0.410 e. The summed E-state index contributed by atoms with van der Waals surface area (Å²) in [5, 5.41) is 3.87. The SMILES string of the molecule is Cc1c(OC(=O)[C@@H](N)Cc2ccc(-c3noc(COC(C)C)n3)cc2F)ncnc1OC1CCN(C(=O)OC(C)C)CC1. The lowest BCUT2D eigenvalue weighted by molar-refractivity contribution is -0.136. The lowest BCUT2D eigenvalue weighted by Crippen LogP contribution is -2.42. The molecule has 0 spiro atoms. The number of halogens is 1. The van der Waals surface area contributed by atoms with Crippen molar-refractivity contribution in [3.63, 3.8) is 0 Å². The number of carbonyl (C=O) groups excluding carboxylic acids is 2. The van der Waals surface area contributed by atoms with Gasteiger partial charge >= 0.3 is 12.1 Å². The number of benzene rings is 1. The van der Waals surface area contributed by atoms with Crippen molar-refractivity contribution in [1.29, 1.82) is 0 Å². The number of amides is 1. The zero-order valence-electron chi connectivity index (χ0n) is 24.9. The van der Waals surface area contributed by atoms with Crippen molar-refractivity contribution in [2.45, 2.75) is 84.8 Å². The molecule has 1 aromatic carbocycles. The van der Waals surface area contributed by atoms with Crippen LogP contribution in [0.3, 0.4) is 0 Å². The highest BCUT2D eigenvalue weighted by molar-refractivity contribution is 5.78. The summed E-state index contributed by atoms with van der Waals surface area (Å²) in [6, 6.07) is 3.21. The first-order chi connectivity index (χ1) is 20.5. The third-order valence-electron chi connectivity index (χ3n) is 6.57. The Bertz CT molecular complexity index is 1410. The number of carbonyl (C=O) groups is 2. The van der Waals surface area contributed by atoms with E-state index >= 15 is 0 Å². The van der Waals surface area contributed by atoms with E-state index in [1.54, 1.807) is 31.7 Å². The van der Waals surface area contributed by atoms with Gasteiger partial charge in [0.05, 0.1) is 17.8 Å². The van der Waals surface area contributed by atoms with Crippen LogP contribution in [-0.2, 0) is 27.3 Å². The Morgan fingerprint density at radius 3 is 2.51 bits per heavy atom. The number of nitrogens with zero attached hydrogens (tertiary/aromatic N) is 5. The molecule has 0 bridgehead atoms. The predicted octanol–water partition coefficient (Wildman–Crippen LogP) is 3.76. The van der Waals surface area contributed by atoms with E-state index in [9.17, 15) is 14.0 Å². The molecule has 3 aromatic rings. The van der Waals surface area contributed by atoms with E-state index in [1.165, 1.54) is 18.5 Å². The van der Waals surface area contributed by atoms with Gasteiger partial charge in [0.2, 0.25) is 17.6 Å². The van der Waals surface area contributed by atoms with E-state index < -0.39 is 17.8 Å². The number of likely N-dealkylation sites (tertiary alicyclic amines) is 1. The number of aromatic nitrogens is 4. The van der Waals surface area contributed by atoms with Crippen LogP contribution in [0.1, 0.15) is 57.6 Å². The van der Waals surface area contributed by atoms with Crippen LogP contribution in [0.5, 0.6) is 11.8 Å². The molecular formula is C29H37FN6O7. The molecule has 1 aliphatic rings. The lowest BCUT2D eigenvalue weighted by Gasteiger charge is -2.31. The molecule has 2 N–H and O–H groups in total. The van der Waals surface area contributed by atoms with Gasteiger partial charge in [0.1, 0.15) is 30.9 Å². The van der Waals surface area contributed by atoms with Gasteiger partial charge in [0.25, 0.3) is 5.89 Å². The molecule has 13 nitrogen and oxygen atoms in total. The van der Waals surface area contributed by atoms with Crippen LogP contribution >= 0.6 is 0 Å². The monoisotopic (exact) mass is 600 g/mol. The highest BCUT2D eigenvalue weighted by atomic mass is 19.1. The third-order valence-corrected chi connectivity index (χ3v) is 6.57. The zero-order chi connectivity index (χ0) is 31.1. The Hall–Kier alpha value is -4.17. The second kappa shape index (κ2) is 14.3. The number of hydrogen-bond acceptors (Lipinski definition) is 12. The van der Waals surface area contributed by atoms with Crippen molar-refractivity contribution < 1.29 is 37.5 Å². The van der Waals surface area contributed by atoms with Crippen molar-refractivity contribution in [3.8, 4) is 23.1 Å². The summed E-state index contributed by atoms with van der Waals surface area (Å²) in [4.78, 5) is 39.0. The van der Waals surface area contributed by atoms with E-state index in [2.05, 4.69) is 20.1 Å². The highest BCUT2D eigenvalue weighted by Crippen LogP contribution is 2.27. The van der Waals surface area contributed by atoms with Gasteiger partial charge in [-0.1, -0.05) is 17.3 Å². The quantitative estimate of drug-likeness (QED) is 0.317. The summed E-state index contributed by atoms with van der Waals surface area (Å²) < 4.78 is 42.2. The molecule has 1 saturated heterocycles. The largest absolute Gasteiger partial charge is 0.474 e. The molecule has 0 saturated carbocycles. The summed E-state index contributed by atoms with van der Waals surface area (Å²) in [6.07, 6.45) is 1.55. The van der Waals surface area contributed by atoms with Gasteiger partial charge in [0.15, 0.2) is 0 Å². The maximum atomic E-state index is 14.9. The molecule has 3 heterocycles. The number of nitrogens with two attached hydrogens (primary N) is 1. The molecule has 0 aliphatic carbocycles. The zero-order valence-corrected chi connectivity index (χ0v) is 24.9. The van der Waals surface area contributed by atoms with Crippen molar-refractivity contribution in [3.05, 3.63) is 47.4 Å². The second-order valence-electron chi connectivity index (χ2n) is 10.8. The van der Waals surface area contributed by atoms with Gasteiger partial charge in [-0.3, -0.25) is 0 Å². The highest BCUT2D eigenvalue weighted by Gasteiger charge is 2.27. The second-order valence-corrected chi connectivity index (χ2v) is 10.8. The molecule has 0 unspecified atom stereocenters. The first kappa shape index (κ1) is 31.8. The van der Waals surface area contributed by atoms with E-state index in [-0.39, 0.29) is 66.5 Å². The van der Waals surface area contributed by atoms with Gasteiger partial charge < -0.3 is 34.1 Å². The maximum Gasteiger partial charge on any atom is 0.410 e. The maximum absolute atomic E-state index is 14.9. The minimum atomic E-state index is -1.17. The van der Waals surface area contributed by atoms with Gasteiger partial charge in [-0.2, -0.15) is 4.98 Å². The Labute approximate surface area is 248 Å². The summed E-state index contributed by atoms with van der Waals surface area (Å²) in [5.74, 6) is -0.622. The molecule has 1 atom stereocenters. The molecule has 14 heteroatoms. The van der Waals surface area contributed by atoms with Crippen LogP contribution in [0.15, 0.2) is 29.0 Å².